The van der Waals surface area contributed by atoms with Crippen molar-refractivity contribution in [3.63, 3.8) is 0 Å². The third-order valence-electron chi connectivity index (χ3n) is 4.58. The number of unbranched alkanes of at least 4 members (excludes halogenated alkanes) is 2. The summed E-state index contributed by atoms with van der Waals surface area (Å²) in [7, 11) is 1.33. The van der Waals surface area contributed by atoms with Crippen molar-refractivity contribution in [1.29, 1.82) is 0 Å². The summed E-state index contributed by atoms with van der Waals surface area (Å²) in [5, 5.41) is 4.87. The third-order valence-corrected chi connectivity index (χ3v) is 4.58. The van der Waals surface area contributed by atoms with Gasteiger partial charge < -0.3 is 25.8 Å². The van der Waals surface area contributed by atoms with Crippen LogP contribution in [0.1, 0.15) is 64.9 Å². The van der Waals surface area contributed by atoms with Crippen molar-refractivity contribution in [2.75, 3.05) is 12.4 Å². The van der Waals surface area contributed by atoms with Gasteiger partial charge in [-0.15, -0.1) is 0 Å². The number of hydrogen-bond donors (Lipinski definition) is 3. The lowest BCUT2D eigenvalue weighted by Gasteiger charge is -2.23. The summed E-state index contributed by atoms with van der Waals surface area (Å²) in [4.78, 5) is 47.1. The summed E-state index contributed by atoms with van der Waals surface area (Å²) in [6.07, 6.45) is 1.71. The quantitative estimate of drug-likeness (QED) is 0.319. The number of amides is 3. The molecule has 1 aromatic carbocycles. The Morgan fingerprint density at radius 3 is 2.39 bits per heavy atom. The number of benzene rings is 1. The topological polar surface area (TPSA) is 137 Å². The van der Waals surface area contributed by atoms with Crippen LogP contribution in [-0.4, -0.2) is 42.6 Å². The average molecular weight is 468 g/mol. The highest BCUT2D eigenvalue weighted by molar-refractivity contribution is 5.97. The van der Waals surface area contributed by atoms with Gasteiger partial charge in [-0.05, 0) is 58.1 Å². The predicted molar refractivity (Wildman–Crippen MR) is 121 cm³/mol. The molecule has 0 heterocycles. The molecule has 1 rings (SSSR count). The van der Waals surface area contributed by atoms with Gasteiger partial charge in [-0.25, -0.2) is 9.18 Å². The summed E-state index contributed by atoms with van der Waals surface area (Å²) in [5.74, 6) is -2.20. The molecule has 0 aliphatic heterocycles. The van der Waals surface area contributed by atoms with E-state index in [1.54, 1.807) is 32.9 Å². The lowest BCUT2D eigenvalue weighted by Crippen LogP contribution is -2.46. The normalized spacial score (nSPS) is 11.9. The molecular formula is C23H34FN3O6. The monoisotopic (exact) mass is 467 g/mol. The summed E-state index contributed by atoms with van der Waals surface area (Å²) >= 11 is 0. The van der Waals surface area contributed by atoms with Gasteiger partial charge >= 0.3 is 12.1 Å². The van der Waals surface area contributed by atoms with Crippen LogP contribution in [0, 0.1) is 5.82 Å². The average Bonchev–Trinajstić information content (AvgIpc) is 2.71. The van der Waals surface area contributed by atoms with E-state index in [1.807, 2.05) is 0 Å². The molecule has 0 aliphatic rings. The summed E-state index contributed by atoms with van der Waals surface area (Å²) in [6.45, 7) is 5.00. The van der Waals surface area contributed by atoms with Crippen LogP contribution in [0.15, 0.2) is 18.2 Å². The summed E-state index contributed by atoms with van der Waals surface area (Å²) in [6, 6.07) is 3.50. The van der Waals surface area contributed by atoms with Crippen molar-refractivity contribution in [2.24, 2.45) is 5.73 Å². The smallest absolute Gasteiger partial charge is 0.408 e. The highest BCUT2D eigenvalue weighted by Gasteiger charge is 2.25. The third kappa shape index (κ3) is 11.3. The number of carbonyl (C=O) groups excluding carboxylic acids is 4. The lowest BCUT2D eigenvalue weighted by atomic mass is 10.0. The highest BCUT2D eigenvalue weighted by Crippen LogP contribution is 2.21. The first-order chi connectivity index (χ1) is 15.4. The van der Waals surface area contributed by atoms with E-state index in [1.165, 1.54) is 13.2 Å². The molecular weight excluding hydrogens is 433 g/mol. The zero-order valence-electron chi connectivity index (χ0n) is 19.7. The van der Waals surface area contributed by atoms with E-state index in [-0.39, 0.29) is 24.5 Å². The van der Waals surface area contributed by atoms with Crippen LogP contribution in [0.3, 0.4) is 0 Å². The number of halogens is 1. The van der Waals surface area contributed by atoms with Crippen molar-refractivity contribution in [3.05, 3.63) is 29.6 Å². The molecule has 1 unspecified atom stereocenters. The standard InChI is InChI=1S/C23H34FN3O6/c1-23(2,3)33-22(31)27-17(13-14-18(25)28)21(30)26-16-11-8-10-15(20(16)24)9-6-5-7-12-19(29)32-4/h8,10-11,17H,5-7,9,12-14H2,1-4H3,(H2,25,28)(H,26,30)(H,27,31). The Kier molecular flexibility index (Phi) is 11.3. The van der Waals surface area contributed by atoms with Crippen molar-refractivity contribution < 1.29 is 33.0 Å². The Hall–Kier alpha value is -3.17. The molecule has 10 heteroatoms. The number of hydrogen-bond acceptors (Lipinski definition) is 6. The number of ether oxygens (including phenoxy) is 2. The van der Waals surface area contributed by atoms with Crippen molar-refractivity contribution in [1.82, 2.24) is 5.32 Å². The second kappa shape index (κ2) is 13.4. The molecule has 0 bridgehead atoms. The van der Waals surface area contributed by atoms with E-state index in [2.05, 4.69) is 15.4 Å². The maximum atomic E-state index is 14.9. The lowest BCUT2D eigenvalue weighted by molar-refractivity contribution is -0.140. The van der Waals surface area contributed by atoms with E-state index in [0.717, 1.165) is 6.42 Å². The minimum absolute atomic E-state index is 0.0397. The molecule has 33 heavy (non-hydrogen) atoms. The van der Waals surface area contributed by atoms with Gasteiger partial charge in [0.15, 0.2) is 0 Å². The van der Waals surface area contributed by atoms with E-state index in [0.29, 0.717) is 31.2 Å². The van der Waals surface area contributed by atoms with Gasteiger partial charge in [-0.3, -0.25) is 14.4 Å². The second-order valence-corrected chi connectivity index (χ2v) is 8.61. The molecule has 3 amide bonds. The number of alkyl carbamates (subject to hydrolysis) is 1. The SMILES string of the molecule is COC(=O)CCCCCc1cccc(NC(=O)C(CCC(N)=O)NC(=O)OC(C)(C)C)c1F. The van der Waals surface area contributed by atoms with Crippen LogP contribution in [0.25, 0.3) is 0 Å². The highest BCUT2D eigenvalue weighted by atomic mass is 19.1. The first-order valence-electron chi connectivity index (χ1n) is 10.9. The van der Waals surface area contributed by atoms with Gasteiger partial charge in [0.05, 0.1) is 12.8 Å². The van der Waals surface area contributed by atoms with Crippen LogP contribution in [-0.2, 0) is 30.3 Å². The molecule has 184 valence electrons. The summed E-state index contributed by atoms with van der Waals surface area (Å²) in [5.41, 5.74) is 4.75. The molecule has 0 radical (unpaired) electrons. The molecule has 1 aromatic rings. The molecule has 0 saturated heterocycles. The molecule has 0 saturated carbocycles. The molecule has 0 aliphatic carbocycles. The number of primary amides is 1. The fourth-order valence-corrected chi connectivity index (χ4v) is 2.96. The van der Waals surface area contributed by atoms with Crippen LogP contribution in [0.5, 0.6) is 0 Å². The minimum Gasteiger partial charge on any atom is -0.469 e. The number of nitrogens with two attached hydrogens (primary N) is 1. The molecule has 1 atom stereocenters. The van der Waals surface area contributed by atoms with Gasteiger partial charge in [0, 0.05) is 12.8 Å². The van der Waals surface area contributed by atoms with Gasteiger partial charge in [0.25, 0.3) is 0 Å². The zero-order valence-corrected chi connectivity index (χ0v) is 19.7. The predicted octanol–water partition coefficient (Wildman–Crippen LogP) is 3.20. The first-order valence-corrected chi connectivity index (χ1v) is 10.9. The zero-order chi connectivity index (χ0) is 25.0. The first kappa shape index (κ1) is 27.9. The Labute approximate surface area is 193 Å². The Balaban J connectivity index is 2.79. The molecule has 4 N–H and O–H groups in total. The number of esters is 1. The Bertz CT molecular complexity index is 838. The number of aryl methyl sites for hydroxylation is 1. The van der Waals surface area contributed by atoms with Crippen molar-refractivity contribution >= 4 is 29.6 Å². The van der Waals surface area contributed by atoms with Crippen LogP contribution in [0.2, 0.25) is 0 Å². The molecule has 0 aromatic heterocycles. The van der Waals surface area contributed by atoms with Gasteiger partial charge in [-0.1, -0.05) is 18.6 Å². The number of anilines is 1. The maximum Gasteiger partial charge on any atom is 0.408 e. The van der Waals surface area contributed by atoms with E-state index < -0.39 is 35.4 Å². The molecule has 0 fully saturated rings. The molecule has 0 spiro atoms. The number of carbonyl (C=O) groups is 4. The van der Waals surface area contributed by atoms with E-state index >= 15 is 0 Å². The largest absolute Gasteiger partial charge is 0.469 e. The van der Waals surface area contributed by atoms with E-state index in [4.69, 9.17) is 10.5 Å². The fourth-order valence-electron chi connectivity index (χ4n) is 2.96. The van der Waals surface area contributed by atoms with Crippen molar-refractivity contribution in [2.45, 2.75) is 77.4 Å². The van der Waals surface area contributed by atoms with Gasteiger partial charge in [0.2, 0.25) is 11.8 Å². The fraction of sp³-hybridized carbons (Fsp3) is 0.565. The van der Waals surface area contributed by atoms with Gasteiger partial charge in [0.1, 0.15) is 17.5 Å². The Morgan fingerprint density at radius 1 is 1.09 bits per heavy atom. The maximum absolute atomic E-state index is 14.9. The molecule has 9 nitrogen and oxygen atoms in total. The number of methoxy groups -OCH3 is 1. The van der Waals surface area contributed by atoms with Gasteiger partial charge in [-0.2, -0.15) is 0 Å². The van der Waals surface area contributed by atoms with Crippen LogP contribution >= 0.6 is 0 Å². The minimum atomic E-state index is -1.14. The second-order valence-electron chi connectivity index (χ2n) is 8.61. The van der Waals surface area contributed by atoms with Crippen molar-refractivity contribution in [3.8, 4) is 0 Å². The Morgan fingerprint density at radius 2 is 1.79 bits per heavy atom. The summed E-state index contributed by atoms with van der Waals surface area (Å²) < 4.78 is 24.7. The van der Waals surface area contributed by atoms with E-state index in [9.17, 15) is 23.6 Å². The number of rotatable bonds is 12. The van der Waals surface area contributed by atoms with Crippen LogP contribution < -0.4 is 16.4 Å². The van der Waals surface area contributed by atoms with Crippen LogP contribution in [0.4, 0.5) is 14.9 Å². The number of nitrogens with one attached hydrogen (secondary N) is 2.